The fourth-order valence-corrected chi connectivity index (χ4v) is 1.25. The highest BCUT2D eigenvalue weighted by molar-refractivity contribution is 7.71. The van der Waals surface area contributed by atoms with Crippen LogP contribution in [-0.4, -0.2) is 24.7 Å². The van der Waals surface area contributed by atoms with E-state index in [1.54, 1.807) is 0 Å². The van der Waals surface area contributed by atoms with E-state index in [-0.39, 0.29) is 22.3 Å². The minimum absolute atomic E-state index is 0.0307. The zero-order valence-corrected chi connectivity index (χ0v) is 7.96. The molecule has 0 bridgehead atoms. The Bertz CT molecular complexity index is 397. The average molecular weight is 221 g/mol. The van der Waals surface area contributed by atoms with Crippen molar-refractivity contribution in [2.45, 2.75) is 5.75 Å². The van der Waals surface area contributed by atoms with Crippen molar-refractivity contribution in [3.8, 4) is 0 Å². The lowest BCUT2D eigenvalue weighted by Crippen LogP contribution is -1.98. The van der Waals surface area contributed by atoms with Gasteiger partial charge in [-0.3, -0.25) is 4.79 Å². The highest BCUT2D eigenvalue weighted by atomic mass is 35.5. The van der Waals surface area contributed by atoms with E-state index < -0.39 is 10.7 Å². The number of rotatable bonds is 3. The number of carbonyl (C=O) groups excluding carboxylic acids is 1. The highest BCUT2D eigenvalue weighted by Gasteiger charge is 2.04. The molecule has 5 nitrogen and oxygen atoms in total. The number of hydrogen-bond donors (Lipinski definition) is 1. The molecule has 0 aliphatic carbocycles. The van der Waals surface area contributed by atoms with Crippen LogP contribution in [0.1, 0.15) is 16.2 Å². The molecule has 0 radical (unpaired) electrons. The molecule has 70 valence electrons. The maximum absolute atomic E-state index is 10.3. The Morgan fingerprint density at radius 1 is 1.54 bits per heavy atom. The number of nitrogens with zero attached hydrogens (tertiary/aromatic N) is 2. The normalized spacial score (nSPS) is 10.3. The first-order valence-corrected chi connectivity index (χ1v) is 4.96. The number of carbonyl (C=O) groups is 1. The van der Waals surface area contributed by atoms with Crippen molar-refractivity contribution in [3.05, 3.63) is 22.7 Å². The van der Waals surface area contributed by atoms with E-state index >= 15 is 0 Å². The molecule has 0 saturated carbocycles. The lowest BCUT2D eigenvalue weighted by Gasteiger charge is -1.96. The lowest BCUT2D eigenvalue weighted by molar-refractivity contribution is 0.112. The summed E-state index contributed by atoms with van der Waals surface area (Å²) in [4.78, 5) is 17.5. The van der Waals surface area contributed by atoms with Crippen LogP contribution in [0.15, 0.2) is 6.20 Å². The van der Waals surface area contributed by atoms with Crippen molar-refractivity contribution in [3.63, 3.8) is 0 Å². The average Bonchev–Trinajstić information content (AvgIpc) is 2.03. The van der Waals surface area contributed by atoms with Gasteiger partial charge >= 0.3 is 0 Å². The summed E-state index contributed by atoms with van der Waals surface area (Å²) in [6, 6.07) is 0. The molecule has 0 amide bonds. The fraction of sp³-hybridized carbons (Fsp3) is 0.167. The number of aldehydes is 1. The van der Waals surface area contributed by atoms with E-state index in [9.17, 15) is 13.2 Å². The van der Waals surface area contributed by atoms with Gasteiger partial charge in [-0.2, -0.15) is 0 Å². The van der Waals surface area contributed by atoms with Crippen LogP contribution in [0, 0.1) is 0 Å². The van der Waals surface area contributed by atoms with E-state index in [4.69, 9.17) is 11.6 Å². The molecule has 0 aliphatic heterocycles. The lowest BCUT2D eigenvalue weighted by atomic mass is 10.4. The molecule has 13 heavy (non-hydrogen) atoms. The molecule has 0 saturated heterocycles. The molecular weight excluding hydrogens is 216 g/mol. The summed E-state index contributed by atoms with van der Waals surface area (Å²) in [5, 5.41) is -0.0307. The molecule has 0 fully saturated rings. The number of halogens is 1. The topological polar surface area (TPSA) is 77.0 Å². The number of aromatic nitrogens is 2. The number of thiol groups is 1. The molecule has 0 aliphatic rings. The Kier molecular flexibility index (Phi) is 3.32. The van der Waals surface area contributed by atoms with Crippen LogP contribution in [0.2, 0.25) is 5.15 Å². The van der Waals surface area contributed by atoms with Crippen LogP contribution < -0.4 is 0 Å². The predicted octanol–water partition coefficient (Wildman–Crippen LogP) is 0.0539. The largest absolute Gasteiger partial charge is 0.298 e. The van der Waals surface area contributed by atoms with Gasteiger partial charge in [-0.1, -0.05) is 11.6 Å². The van der Waals surface area contributed by atoms with Crippen LogP contribution in [0.25, 0.3) is 0 Å². The first-order valence-electron chi connectivity index (χ1n) is 3.22. The second kappa shape index (κ2) is 4.29. The molecular formula is C6H5ClN2O3S. The summed E-state index contributed by atoms with van der Waals surface area (Å²) in [7, 11) is -2.58. The van der Waals surface area contributed by atoms with E-state index in [1.165, 1.54) is 6.20 Å². The van der Waals surface area contributed by atoms with Gasteiger partial charge in [0, 0.05) is 6.20 Å². The second-order valence-corrected chi connectivity index (χ2v) is 3.48. The third kappa shape index (κ3) is 2.74. The van der Waals surface area contributed by atoms with Gasteiger partial charge in [0.15, 0.2) is 6.29 Å². The van der Waals surface area contributed by atoms with Gasteiger partial charge in [0.25, 0.3) is 0 Å². The molecule has 7 heteroatoms. The minimum atomic E-state index is -2.58. The molecule has 1 rings (SSSR count). The summed E-state index contributed by atoms with van der Waals surface area (Å²) in [5.74, 6) is -0.180. The van der Waals surface area contributed by atoms with Crippen molar-refractivity contribution in [2.24, 2.45) is 0 Å². The minimum Gasteiger partial charge on any atom is -0.298 e. The quantitative estimate of drug-likeness (QED) is 0.443. The molecule has 0 N–H and O–H groups in total. The van der Waals surface area contributed by atoms with E-state index in [0.717, 1.165) is 0 Å². The van der Waals surface area contributed by atoms with Gasteiger partial charge < -0.3 is 0 Å². The fourth-order valence-electron chi connectivity index (χ4n) is 0.675. The third-order valence-corrected chi connectivity index (χ3v) is 2.06. The number of hydrogen-bond acceptors (Lipinski definition) is 5. The molecule has 1 aromatic rings. The van der Waals surface area contributed by atoms with E-state index in [0.29, 0.717) is 6.29 Å². The van der Waals surface area contributed by atoms with Crippen LogP contribution in [0.4, 0.5) is 0 Å². The van der Waals surface area contributed by atoms with Crippen molar-refractivity contribution in [1.29, 1.82) is 0 Å². The SMILES string of the molecule is O=Cc1cnc(C[SH](=O)=O)nc1Cl. The van der Waals surface area contributed by atoms with Gasteiger partial charge in [-0.05, 0) is 0 Å². The van der Waals surface area contributed by atoms with Gasteiger partial charge in [-0.25, -0.2) is 18.4 Å². The summed E-state index contributed by atoms with van der Waals surface area (Å²) >= 11 is 5.53. The van der Waals surface area contributed by atoms with E-state index in [2.05, 4.69) is 9.97 Å². The summed E-state index contributed by atoms with van der Waals surface area (Å²) < 4.78 is 20.6. The Morgan fingerprint density at radius 3 is 2.69 bits per heavy atom. The Balaban J connectivity index is 3.02. The summed E-state index contributed by atoms with van der Waals surface area (Å²) in [6.45, 7) is 0. The molecule has 0 atom stereocenters. The molecule has 0 aromatic carbocycles. The third-order valence-electron chi connectivity index (χ3n) is 1.22. The highest BCUT2D eigenvalue weighted by Crippen LogP contribution is 2.09. The van der Waals surface area contributed by atoms with Crippen LogP contribution in [0.5, 0.6) is 0 Å². The van der Waals surface area contributed by atoms with Gasteiger partial charge in [0.2, 0.25) is 0 Å². The zero-order valence-electron chi connectivity index (χ0n) is 6.31. The van der Waals surface area contributed by atoms with E-state index in [1.807, 2.05) is 0 Å². The molecule has 1 heterocycles. The van der Waals surface area contributed by atoms with Crippen molar-refractivity contribution in [1.82, 2.24) is 9.97 Å². The molecule has 0 unspecified atom stereocenters. The van der Waals surface area contributed by atoms with Crippen molar-refractivity contribution in [2.75, 3.05) is 0 Å². The monoisotopic (exact) mass is 220 g/mol. The summed E-state index contributed by atoms with van der Waals surface area (Å²) in [6.07, 6.45) is 1.69. The van der Waals surface area contributed by atoms with Crippen molar-refractivity contribution >= 4 is 28.6 Å². The predicted molar refractivity (Wildman–Crippen MR) is 46.4 cm³/mol. The summed E-state index contributed by atoms with van der Waals surface area (Å²) in [5.41, 5.74) is 0.145. The smallest absolute Gasteiger partial charge is 0.154 e. The van der Waals surface area contributed by atoms with Crippen LogP contribution in [0.3, 0.4) is 0 Å². The molecule has 0 spiro atoms. The van der Waals surface area contributed by atoms with Gasteiger partial charge in [0.05, 0.1) is 5.56 Å². The Hall–Kier alpha value is -1.01. The standard InChI is InChI=1S/C6H5ClN2O3S/c7-6-4(2-10)1-8-5(9-6)3-13(11)12/h1-2,13H,3H2. The molecule has 1 aromatic heterocycles. The van der Waals surface area contributed by atoms with Crippen molar-refractivity contribution < 1.29 is 13.2 Å². The Morgan fingerprint density at radius 2 is 2.23 bits per heavy atom. The first kappa shape index (κ1) is 10.1. The van der Waals surface area contributed by atoms with Gasteiger partial charge in [0.1, 0.15) is 27.4 Å². The first-order chi connectivity index (χ1) is 6.13. The zero-order chi connectivity index (χ0) is 9.84. The second-order valence-electron chi connectivity index (χ2n) is 2.14. The van der Waals surface area contributed by atoms with Gasteiger partial charge in [-0.15, -0.1) is 0 Å². The maximum atomic E-state index is 10.3. The Labute approximate surface area is 80.7 Å². The van der Waals surface area contributed by atoms with Crippen LogP contribution in [-0.2, 0) is 16.5 Å². The maximum Gasteiger partial charge on any atom is 0.154 e. The van der Waals surface area contributed by atoms with Crippen LogP contribution >= 0.6 is 11.6 Å².